The van der Waals surface area contributed by atoms with Gasteiger partial charge in [-0.1, -0.05) is 6.58 Å². The van der Waals surface area contributed by atoms with Gasteiger partial charge in [0.15, 0.2) is 6.29 Å². The van der Waals surface area contributed by atoms with Crippen LogP contribution in [0.4, 0.5) is 0 Å². The molecule has 0 bridgehead atoms. The number of hydrogen-bond donors (Lipinski definition) is 1. The second-order valence-corrected chi connectivity index (χ2v) is 1.92. The third-order valence-electron chi connectivity index (χ3n) is 1.10. The van der Waals surface area contributed by atoms with Crippen molar-refractivity contribution in [1.29, 1.82) is 0 Å². The van der Waals surface area contributed by atoms with Crippen molar-refractivity contribution < 1.29 is 14.6 Å². The fourth-order valence-electron chi connectivity index (χ4n) is 0.644. The lowest BCUT2D eigenvalue weighted by Crippen LogP contribution is -2.34. The maximum absolute atomic E-state index is 8.84. The van der Waals surface area contributed by atoms with E-state index >= 15 is 0 Å². The Hall–Kier alpha value is -0.380. The summed E-state index contributed by atoms with van der Waals surface area (Å²) < 4.78 is 9.90. The molecule has 3 heteroatoms. The van der Waals surface area contributed by atoms with Gasteiger partial charge in [-0.05, 0) is 6.08 Å². The molecule has 1 aliphatic heterocycles. The Morgan fingerprint density at radius 3 is 2.44 bits per heavy atom. The Bertz CT molecular complexity index is 94.5. The summed E-state index contributed by atoms with van der Waals surface area (Å²) >= 11 is 0. The molecule has 1 N–H and O–H groups in total. The zero-order chi connectivity index (χ0) is 6.69. The van der Waals surface area contributed by atoms with Gasteiger partial charge in [0, 0.05) is 0 Å². The highest BCUT2D eigenvalue weighted by Gasteiger charge is 2.16. The first-order valence-electron chi connectivity index (χ1n) is 2.87. The van der Waals surface area contributed by atoms with Crippen molar-refractivity contribution >= 4 is 0 Å². The summed E-state index contributed by atoms with van der Waals surface area (Å²) in [6.45, 7) is 4.17. The van der Waals surface area contributed by atoms with Crippen LogP contribution in [0.2, 0.25) is 0 Å². The molecule has 0 amide bonds. The highest BCUT2D eigenvalue weighted by molar-refractivity contribution is 4.75. The van der Waals surface area contributed by atoms with Gasteiger partial charge in [-0.2, -0.15) is 0 Å². The predicted octanol–water partition coefficient (Wildman–Crippen LogP) is -0.0938. The predicted molar refractivity (Wildman–Crippen MR) is 31.9 cm³/mol. The van der Waals surface area contributed by atoms with Crippen LogP contribution in [0.1, 0.15) is 0 Å². The average molecular weight is 130 g/mol. The number of aliphatic hydroxyl groups excluding tert-OH is 1. The van der Waals surface area contributed by atoms with Crippen LogP contribution < -0.4 is 0 Å². The van der Waals surface area contributed by atoms with E-state index in [9.17, 15) is 0 Å². The van der Waals surface area contributed by atoms with Gasteiger partial charge < -0.3 is 14.6 Å². The lowest BCUT2D eigenvalue weighted by molar-refractivity contribution is -0.192. The number of ether oxygens (including phenoxy) is 2. The van der Waals surface area contributed by atoms with Crippen LogP contribution >= 0.6 is 0 Å². The van der Waals surface area contributed by atoms with Crippen LogP contribution in [0.15, 0.2) is 12.7 Å². The second-order valence-electron chi connectivity index (χ2n) is 1.92. The molecule has 52 valence electrons. The van der Waals surface area contributed by atoms with Crippen molar-refractivity contribution in [3.05, 3.63) is 12.7 Å². The van der Waals surface area contributed by atoms with Gasteiger partial charge in [-0.3, -0.25) is 0 Å². The van der Waals surface area contributed by atoms with E-state index in [-0.39, 0.29) is 6.29 Å². The smallest absolute Gasteiger partial charge is 0.176 e. The van der Waals surface area contributed by atoms with Gasteiger partial charge in [0.2, 0.25) is 0 Å². The maximum atomic E-state index is 8.84. The van der Waals surface area contributed by atoms with E-state index in [0.29, 0.717) is 13.2 Å². The van der Waals surface area contributed by atoms with E-state index in [1.54, 1.807) is 6.08 Å². The van der Waals surface area contributed by atoms with E-state index < -0.39 is 6.10 Å². The molecule has 1 heterocycles. The lowest BCUT2D eigenvalue weighted by Gasteiger charge is -2.23. The summed E-state index contributed by atoms with van der Waals surface area (Å²) in [6.07, 6.45) is 0.765. The summed E-state index contributed by atoms with van der Waals surface area (Å²) in [4.78, 5) is 0. The van der Waals surface area contributed by atoms with E-state index in [0.717, 1.165) is 0 Å². The highest BCUT2D eigenvalue weighted by atomic mass is 16.7. The average Bonchev–Trinajstić information content (AvgIpc) is 1.90. The molecule has 9 heavy (non-hydrogen) atoms. The first-order valence-corrected chi connectivity index (χ1v) is 2.87. The van der Waals surface area contributed by atoms with E-state index in [2.05, 4.69) is 6.58 Å². The minimum absolute atomic E-state index is 0.326. The van der Waals surface area contributed by atoms with Crippen LogP contribution in [0.25, 0.3) is 0 Å². The Kier molecular flexibility index (Phi) is 2.22. The minimum Gasteiger partial charge on any atom is -0.388 e. The molecule has 0 unspecified atom stereocenters. The van der Waals surface area contributed by atoms with Gasteiger partial charge in [0.1, 0.15) is 6.10 Å². The Labute approximate surface area is 53.9 Å². The normalized spacial score (nSPS) is 36.1. The molecule has 0 aromatic rings. The number of rotatable bonds is 1. The molecule has 1 fully saturated rings. The first kappa shape index (κ1) is 6.74. The molecular formula is C6H10O3. The van der Waals surface area contributed by atoms with E-state index in [1.165, 1.54) is 0 Å². The van der Waals surface area contributed by atoms with Crippen molar-refractivity contribution in [2.45, 2.75) is 12.4 Å². The Balaban J connectivity index is 2.26. The molecule has 0 aromatic heterocycles. The van der Waals surface area contributed by atoms with Crippen molar-refractivity contribution in [2.75, 3.05) is 13.2 Å². The molecule has 1 saturated heterocycles. The summed E-state index contributed by atoms with van der Waals surface area (Å²) in [7, 11) is 0. The maximum Gasteiger partial charge on any atom is 0.176 e. The van der Waals surface area contributed by atoms with E-state index in [1.807, 2.05) is 0 Å². The third kappa shape index (κ3) is 1.78. The summed E-state index contributed by atoms with van der Waals surface area (Å²) in [5.41, 5.74) is 0. The summed E-state index contributed by atoms with van der Waals surface area (Å²) in [5, 5.41) is 8.84. The van der Waals surface area contributed by atoms with Crippen LogP contribution in [-0.2, 0) is 9.47 Å². The number of aliphatic hydroxyl groups is 1. The molecule has 0 aliphatic carbocycles. The zero-order valence-corrected chi connectivity index (χ0v) is 5.12. The van der Waals surface area contributed by atoms with Crippen molar-refractivity contribution in [3.8, 4) is 0 Å². The van der Waals surface area contributed by atoms with Gasteiger partial charge in [-0.15, -0.1) is 0 Å². The largest absolute Gasteiger partial charge is 0.388 e. The molecular weight excluding hydrogens is 120 g/mol. The topological polar surface area (TPSA) is 38.7 Å². The highest BCUT2D eigenvalue weighted by Crippen LogP contribution is 2.04. The zero-order valence-electron chi connectivity index (χ0n) is 5.12. The molecule has 3 nitrogen and oxygen atoms in total. The SMILES string of the molecule is C=CC1OCC(O)CO1. The Morgan fingerprint density at radius 1 is 1.44 bits per heavy atom. The summed E-state index contributed by atoms with van der Waals surface area (Å²) in [5.74, 6) is 0. The van der Waals surface area contributed by atoms with E-state index in [4.69, 9.17) is 14.6 Å². The molecule has 0 aromatic carbocycles. The third-order valence-corrected chi connectivity index (χ3v) is 1.10. The fourth-order valence-corrected chi connectivity index (χ4v) is 0.644. The minimum atomic E-state index is -0.471. The van der Waals surface area contributed by atoms with Gasteiger partial charge in [0.25, 0.3) is 0 Å². The molecule has 1 aliphatic rings. The fraction of sp³-hybridized carbons (Fsp3) is 0.667. The summed E-state index contributed by atoms with van der Waals surface area (Å²) in [6, 6.07) is 0. The lowest BCUT2D eigenvalue weighted by atomic mass is 10.4. The molecule has 1 rings (SSSR count). The monoisotopic (exact) mass is 130 g/mol. The Morgan fingerprint density at radius 2 is 2.00 bits per heavy atom. The van der Waals surface area contributed by atoms with Crippen molar-refractivity contribution in [2.24, 2.45) is 0 Å². The van der Waals surface area contributed by atoms with Crippen LogP contribution in [0.5, 0.6) is 0 Å². The molecule has 0 atom stereocenters. The van der Waals surface area contributed by atoms with Crippen LogP contribution in [-0.4, -0.2) is 30.7 Å². The molecule has 0 saturated carbocycles. The van der Waals surface area contributed by atoms with Gasteiger partial charge in [0.05, 0.1) is 13.2 Å². The first-order chi connectivity index (χ1) is 4.33. The van der Waals surface area contributed by atoms with Crippen molar-refractivity contribution in [1.82, 2.24) is 0 Å². The van der Waals surface area contributed by atoms with Crippen LogP contribution in [0, 0.1) is 0 Å². The standard InChI is InChI=1S/C6H10O3/c1-2-6-8-3-5(7)4-9-6/h2,5-7H,1,3-4H2. The van der Waals surface area contributed by atoms with Gasteiger partial charge >= 0.3 is 0 Å². The van der Waals surface area contributed by atoms with Crippen molar-refractivity contribution in [3.63, 3.8) is 0 Å². The van der Waals surface area contributed by atoms with Gasteiger partial charge in [-0.25, -0.2) is 0 Å². The number of hydrogen-bond acceptors (Lipinski definition) is 3. The molecule has 0 spiro atoms. The second kappa shape index (κ2) is 2.96. The molecule has 0 radical (unpaired) electrons. The quantitative estimate of drug-likeness (QED) is 0.504. The van der Waals surface area contributed by atoms with Crippen LogP contribution in [0.3, 0.4) is 0 Å².